The van der Waals surface area contributed by atoms with E-state index in [-0.39, 0.29) is 11.2 Å². The Balaban J connectivity index is 2.72. The van der Waals surface area contributed by atoms with Crippen molar-refractivity contribution in [2.45, 2.75) is 24.0 Å². The van der Waals surface area contributed by atoms with Gasteiger partial charge in [0.25, 0.3) is 0 Å². The minimum absolute atomic E-state index is 0.00328. The molecular weight excluding hydrogens is 265 g/mol. The number of hydrogen-bond donors (Lipinski definition) is 1. The Morgan fingerprint density at radius 3 is 2.81 bits per heavy atom. The van der Waals surface area contributed by atoms with Gasteiger partial charge in [0.15, 0.2) is 0 Å². The van der Waals surface area contributed by atoms with Gasteiger partial charge in [-0.25, -0.2) is 0 Å². The van der Waals surface area contributed by atoms with E-state index >= 15 is 0 Å². The highest BCUT2D eigenvalue weighted by Crippen LogP contribution is 2.32. The maximum Gasteiger partial charge on any atom is 0.233 e. The molecule has 0 aliphatic carbocycles. The fourth-order valence-corrected chi connectivity index (χ4v) is 2.56. The lowest BCUT2D eigenvalue weighted by atomic mass is 10.4. The first kappa shape index (κ1) is 13.7. The van der Waals surface area contributed by atoms with E-state index in [1.165, 1.54) is 11.8 Å². The second-order valence-electron chi connectivity index (χ2n) is 3.23. The molecule has 0 aliphatic heterocycles. The van der Waals surface area contributed by atoms with Crippen LogP contribution in [0.1, 0.15) is 13.8 Å². The van der Waals surface area contributed by atoms with Gasteiger partial charge < -0.3 is 5.32 Å². The molecule has 1 aromatic rings. The Kier molecular flexibility index (Phi) is 5.46. The lowest BCUT2D eigenvalue weighted by Crippen LogP contribution is -2.30. The van der Waals surface area contributed by atoms with Gasteiger partial charge >= 0.3 is 0 Å². The van der Waals surface area contributed by atoms with Crippen molar-refractivity contribution in [1.82, 2.24) is 5.32 Å². The summed E-state index contributed by atoms with van der Waals surface area (Å²) in [7, 11) is 0. The summed E-state index contributed by atoms with van der Waals surface area (Å²) in [5.41, 5.74) is 0. The average Bonchev–Trinajstić information content (AvgIpc) is 2.23. The van der Waals surface area contributed by atoms with Crippen LogP contribution in [-0.4, -0.2) is 17.7 Å². The molecule has 0 bridgehead atoms. The van der Waals surface area contributed by atoms with Crippen LogP contribution >= 0.6 is 35.0 Å². The summed E-state index contributed by atoms with van der Waals surface area (Å²) in [6.07, 6.45) is 0. The van der Waals surface area contributed by atoms with Crippen molar-refractivity contribution in [2.24, 2.45) is 0 Å². The fourth-order valence-electron chi connectivity index (χ4n) is 1.13. The first-order chi connectivity index (χ1) is 7.54. The number of thioether (sulfide) groups is 1. The first-order valence-electron chi connectivity index (χ1n) is 4.94. The number of carbonyl (C=O) groups excluding carboxylic acids is 1. The van der Waals surface area contributed by atoms with Gasteiger partial charge in [0.2, 0.25) is 5.91 Å². The molecule has 2 nitrogen and oxygen atoms in total. The van der Waals surface area contributed by atoms with Crippen molar-refractivity contribution in [3.8, 4) is 0 Å². The molecule has 1 rings (SSSR count). The van der Waals surface area contributed by atoms with Gasteiger partial charge in [0, 0.05) is 16.5 Å². The van der Waals surface area contributed by atoms with Crippen LogP contribution in [0.3, 0.4) is 0 Å². The van der Waals surface area contributed by atoms with Crippen molar-refractivity contribution in [3.63, 3.8) is 0 Å². The van der Waals surface area contributed by atoms with Gasteiger partial charge in [-0.2, -0.15) is 0 Å². The quantitative estimate of drug-likeness (QED) is 0.852. The number of rotatable bonds is 4. The number of hydrogen-bond acceptors (Lipinski definition) is 2. The minimum atomic E-state index is -0.184. The summed E-state index contributed by atoms with van der Waals surface area (Å²) in [4.78, 5) is 12.4. The molecule has 0 heterocycles. The summed E-state index contributed by atoms with van der Waals surface area (Å²) in [5.74, 6) is 0.00328. The van der Waals surface area contributed by atoms with Gasteiger partial charge in [0.05, 0.1) is 10.3 Å². The fraction of sp³-hybridized carbons (Fsp3) is 0.364. The Hall–Kier alpha value is -0.380. The predicted octanol–water partition coefficient (Wildman–Crippen LogP) is 3.61. The standard InChI is InChI=1S/C11H13Cl2NOS/c1-3-14-11(15)7(2)16-10-6-8(12)4-5-9(10)13/h4-7H,3H2,1-2H3,(H,14,15). The normalized spacial score (nSPS) is 12.2. The maximum absolute atomic E-state index is 11.5. The molecule has 0 radical (unpaired) electrons. The van der Waals surface area contributed by atoms with Crippen molar-refractivity contribution >= 4 is 40.9 Å². The monoisotopic (exact) mass is 277 g/mol. The maximum atomic E-state index is 11.5. The lowest BCUT2D eigenvalue weighted by molar-refractivity contribution is -0.120. The Morgan fingerprint density at radius 1 is 1.50 bits per heavy atom. The molecule has 1 unspecified atom stereocenters. The Morgan fingerprint density at radius 2 is 2.19 bits per heavy atom. The third-order valence-corrected chi connectivity index (χ3v) is 3.75. The molecule has 0 aromatic heterocycles. The third kappa shape index (κ3) is 3.89. The van der Waals surface area contributed by atoms with E-state index in [2.05, 4.69) is 5.32 Å². The molecule has 1 N–H and O–H groups in total. The van der Waals surface area contributed by atoms with Crippen LogP contribution < -0.4 is 5.32 Å². The van der Waals surface area contributed by atoms with E-state index in [0.717, 1.165) is 4.90 Å². The van der Waals surface area contributed by atoms with Gasteiger partial charge in [-0.3, -0.25) is 4.79 Å². The second kappa shape index (κ2) is 6.38. The van der Waals surface area contributed by atoms with Crippen LogP contribution in [0, 0.1) is 0 Å². The largest absolute Gasteiger partial charge is 0.355 e. The van der Waals surface area contributed by atoms with Crippen LogP contribution in [-0.2, 0) is 4.79 Å². The van der Waals surface area contributed by atoms with Gasteiger partial charge in [0.1, 0.15) is 0 Å². The molecule has 16 heavy (non-hydrogen) atoms. The van der Waals surface area contributed by atoms with Gasteiger partial charge in [-0.05, 0) is 32.0 Å². The highest BCUT2D eigenvalue weighted by molar-refractivity contribution is 8.00. The average molecular weight is 278 g/mol. The number of nitrogens with one attached hydrogen (secondary N) is 1. The summed E-state index contributed by atoms with van der Waals surface area (Å²) in [6, 6.07) is 5.23. The number of carbonyl (C=O) groups is 1. The summed E-state index contributed by atoms with van der Waals surface area (Å²) in [6.45, 7) is 4.36. The zero-order valence-corrected chi connectivity index (χ0v) is 11.4. The van der Waals surface area contributed by atoms with Crippen molar-refractivity contribution in [3.05, 3.63) is 28.2 Å². The molecule has 0 aliphatic rings. The number of halogens is 2. The molecule has 1 atom stereocenters. The summed E-state index contributed by atoms with van der Waals surface area (Å²) >= 11 is 13.3. The first-order valence-corrected chi connectivity index (χ1v) is 6.57. The van der Waals surface area contributed by atoms with E-state index in [9.17, 15) is 4.79 Å². The molecule has 1 aromatic carbocycles. The van der Waals surface area contributed by atoms with Gasteiger partial charge in [-0.15, -0.1) is 11.8 Å². The Labute approximate surface area is 110 Å². The van der Waals surface area contributed by atoms with Crippen LogP contribution in [0.2, 0.25) is 10.0 Å². The van der Waals surface area contributed by atoms with Crippen LogP contribution in [0.4, 0.5) is 0 Å². The summed E-state index contributed by atoms with van der Waals surface area (Å²) < 4.78 is 0. The predicted molar refractivity (Wildman–Crippen MR) is 70.5 cm³/mol. The molecule has 0 saturated heterocycles. The lowest BCUT2D eigenvalue weighted by Gasteiger charge is -2.11. The zero-order chi connectivity index (χ0) is 12.1. The smallest absolute Gasteiger partial charge is 0.233 e. The van der Waals surface area contributed by atoms with Crippen molar-refractivity contribution < 1.29 is 4.79 Å². The zero-order valence-electron chi connectivity index (χ0n) is 9.09. The molecule has 0 spiro atoms. The highest BCUT2D eigenvalue weighted by Gasteiger charge is 2.15. The van der Waals surface area contributed by atoms with Gasteiger partial charge in [-0.1, -0.05) is 23.2 Å². The van der Waals surface area contributed by atoms with E-state index in [1.807, 2.05) is 13.8 Å². The van der Waals surface area contributed by atoms with Crippen molar-refractivity contribution in [1.29, 1.82) is 0 Å². The summed E-state index contributed by atoms with van der Waals surface area (Å²) in [5, 5.41) is 3.82. The van der Waals surface area contributed by atoms with Crippen LogP contribution in [0.25, 0.3) is 0 Å². The molecule has 88 valence electrons. The minimum Gasteiger partial charge on any atom is -0.355 e. The number of benzene rings is 1. The molecule has 0 fully saturated rings. The van der Waals surface area contributed by atoms with Crippen molar-refractivity contribution in [2.75, 3.05) is 6.54 Å². The molecular formula is C11H13Cl2NOS. The molecule has 5 heteroatoms. The third-order valence-electron chi connectivity index (χ3n) is 1.92. The highest BCUT2D eigenvalue weighted by atomic mass is 35.5. The Bertz CT molecular complexity index is 384. The topological polar surface area (TPSA) is 29.1 Å². The second-order valence-corrected chi connectivity index (χ2v) is 5.46. The number of amides is 1. The van der Waals surface area contributed by atoms with Crippen LogP contribution in [0.5, 0.6) is 0 Å². The van der Waals surface area contributed by atoms with Crippen LogP contribution in [0.15, 0.2) is 23.1 Å². The van der Waals surface area contributed by atoms with E-state index in [1.54, 1.807) is 18.2 Å². The SMILES string of the molecule is CCNC(=O)C(C)Sc1cc(Cl)ccc1Cl. The van der Waals surface area contributed by atoms with E-state index in [0.29, 0.717) is 16.6 Å². The van der Waals surface area contributed by atoms with E-state index in [4.69, 9.17) is 23.2 Å². The molecule has 0 saturated carbocycles. The molecule has 1 amide bonds. The van der Waals surface area contributed by atoms with E-state index < -0.39 is 0 Å².